The van der Waals surface area contributed by atoms with Gasteiger partial charge in [0.05, 0.1) is 16.6 Å². The molecule has 0 fully saturated rings. The molecule has 0 spiro atoms. The zero-order chi connectivity index (χ0) is 17.5. The number of imidazole rings is 1. The first-order chi connectivity index (χ1) is 11.2. The minimum Gasteiger partial charge on any atom is -0.480 e. The van der Waals surface area contributed by atoms with Gasteiger partial charge in [0.15, 0.2) is 11.4 Å². The molecule has 0 aliphatic rings. The molecule has 0 amide bonds. The topological polar surface area (TPSA) is 27.1 Å². The number of benzene rings is 2. The van der Waals surface area contributed by atoms with Gasteiger partial charge in [-0.3, -0.25) is 0 Å². The fourth-order valence-electron chi connectivity index (χ4n) is 2.74. The summed E-state index contributed by atoms with van der Waals surface area (Å²) in [5.41, 5.74) is 0.319. The van der Waals surface area contributed by atoms with Crippen molar-refractivity contribution in [1.82, 2.24) is 9.55 Å². The van der Waals surface area contributed by atoms with Crippen LogP contribution in [0.3, 0.4) is 0 Å². The third kappa shape index (κ3) is 2.96. The smallest absolute Gasteiger partial charge is 0.416 e. The summed E-state index contributed by atoms with van der Waals surface area (Å²) in [6.07, 6.45) is -4.36. The van der Waals surface area contributed by atoms with Crippen LogP contribution in [0.5, 0.6) is 5.75 Å². The molecule has 0 aliphatic carbocycles. The lowest BCUT2D eigenvalue weighted by Gasteiger charge is -2.26. The molecular weight excluding hydrogens is 317 g/mol. The summed E-state index contributed by atoms with van der Waals surface area (Å²) in [6, 6.07) is 12.4. The number of ether oxygens (including phenoxy) is 1. The Hall–Kier alpha value is -2.50. The molecule has 3 aromatic rings. The van der Waals surface area contributed by atoms with Gasteiger partial charge in [0.2, 0.25) is 0 Å². The van der Waals surface area contributed by atoms with E-state index in [2.05, 4.69) is 4.98 Å². The SMILES string of the molecule is Cn1c(C(C)(C)Oc2ccc(C(F)(F)F)cc2)nc2ccccc21. The van der Waals surface area contributed by atoms with Gasteiger partial charge in [-0.05, 0) is 50.2 Å². The molecule has 0 saturated carbocycles. The van der Waals surface area contributed by atoms with Gasteiger partial charge in [0.25, 0.3) is 0 Å². The fourth-order valence-corrected chi connectivity index (χ4v) is 2.74. The second kappa shape index (κ2) is 5.54. The third-order valence-corrected chi connectivity index (χ3v) is 3.88. The van der Waals surface area contributed by atoms with Crippen LogP contribution >= 0.6 is 0 Å². The van der Waals surface area contributed by atoms with Crippen molar-refractivity contribution in [3.63, 3.8) is 0 Å². The molecule has 24 heavy (non-hydrogen) atoms. The minimum atomic E-state index is -4.36. The van der Waals surface area contributed by atoms with Gasteiger partial charge >= 0.3 is 6.18 Å². The van der Waals surface area contributed by atoms with Gasteiger partial charge in [0, 0.05) is 7.05 Å². The standard InChI is InChI=1S/C18H17F3N2O/c1-17(2,16-22-14-6-4-5-7-15(14)23(16)3)24-13-10-8-12(9-11-13)18(19,20)21/h4-11H,1-3H3. The van der Waals surface area contributed by atoms with Crippen molar-refractivity contribution >= 4 is 11.0 Å². The highest BCUT2D eigenvalue weighted by atomic mass is 19.4. The van der Waals surface area contributed by atoms with E-state index < -0.39 is 17.3 Å². The first-order valence-electron chi connectivity index (χ1n) is 7.47. The Balaban J connectivity index is 1.91. The highest BCUT2D eigenvalue weighted by Crippen LogP contribution is 2.33. The summed E-state index contributed by atoms with van der Waals surface area (Å²) in [6.45, 7) is 3.68. The summed E-state index contributed by atoms with van der Waals surface area (Å²) >= 11 is 0. The van der Waals surface area contributed by atoms with E-state index >= 15 is 0 Å². The summed E-state index contributed by atoms with van der Waals surface area (Å²) < 4.78 is 45.8. The first-order valence-corrected chi connectivity index (χ1v) is 7.47. The van der Waals surface area contributed by atoms with Crippen LogP contribution in [0.4, 0.5) is 13.2 Å². The van der Waals surface area contributed by atoms with Crippen molar-refractivity contribution < 1.29 is 17.9 Å². The van der Waals surface area contributed by atoms with Gasteiger partial charge in [-0.1, -0.05) is 12.1 Å². The highest BCUT2D eigenvalue weighted by molar-refractivity contribution is 5.76. The van der Waals surface area contributed by atoms with Crippen LogP contribution in [-0.2, 0) is 18.8 Å². The number of nitrogens with zero attached hydrogens (tertiary/aromatic N) is 2. The number of aromatic nitrogens is 2. The Labute approximate surface area is 137 Å². The highest BCUT2D eigenvalue weighted by Gasteiger charge is 2.31. The van der Waals surface area contributed by atoms with Gasteiger partial charge < -0.3 is 9.30 Å². The number of para-hydroxylation sites is 2. The molecule has 0 saturated heterocycles. The molecule has 126 valence electrons. The van der Waals surface area contributed by atoms with E-state index in [0.29, 0.717) is 11.6 Å². The maximum Gasteiger partial charge on any atom is 0.416 e. The van der Waals surface area contributed by atoms with Crippen molar-refractivity contribution in [2.45, 2.75) is 25.6 Å². The number of halogens is 3. The number of hydrogen-bond acceptors (Lipinski definition) is 2. The molecule has 1 aromatic heterocycles. The maximum atomic E-state index is 12.6. The van der Waals surface area contributed by atoms with Crippen LogP contribution in [-0.4, -0.2) is 9.55 Å². The quantitative estimate of drug-likeness (QED) is 0.681. The van der Waals surface area contributed by atoms with Crippen LogP contribution in [0.1, 0.15) is 25.2 Å². The van der Waals surface area contributed by atoms with Gasteiger partial charge in [0.1, 0.15) is 5.75 Å². The number of rotatable bonds is 3. The molecule has 0 aliphatic heterocycles. The molecule has 3 rings (SSSR count). The molecule has 0 bridgehead atoms. The van der Waals surface area contributed by atoms with E-state index in [4.69, 9.17) is 4.74 Å². The van der Waals surface area contributed by atoms with Crippen LogP contribution in [0, 0.1) is 0 Å². The molecular formula is C18H17F3N2O. The fraction of sp³-hybridized carbons (Fsp3) is 0.278. The van der Waals surface area contributed by atoms with Gasteiger partial charge in [-0.25, -0.2) is 4.98 Å². The van der Waals surface area contributed by atoms with E-state index in [1.807, 2.05) is 49.7 Å². The maximum absolute atomic E-state index is 12.6. The average molecular weight is 334 g/mol. The normalized spacial score (nSPS) is 12.6. The second-order valence-corrected chi connectivity index (χ2v) is 6.12. The van der Waals surface area contributed by atoms with Crippen LogP contribution in [0.25, 0.3) is 11.0 Å². The predicted octanol–water partition coefficient (Wildman–Crippen LogP) is 4.91. The van der Waals surface area contributed by atoms with E-state index in [1.54, 1.807) is 0 Å². The van der Waals surface area contributed by atoms with Crippen molar-refractivity contribution in [1.29, 1.82) is 0 Å². The average Bonchev–Trinajstić information content (AvgIpc) is 2.85. The lowest BCUT2D eigenvalue weighted by Crippen LogP contribution is -2.29. The van der Waals surface area contributed by atoms with Crippen molar-refractivity contribution in [3.05, 3.63) is 59.9 Å². The number of aryl methyl sites for hydroxylation is 1. The van der Waals surface area contributed by atoms with Crippen LogP contribution in [0.15, 0.2) is 48.5 Å². The zero-order valence-electron chi connectivity index (χ0n) is 13.6. The minimum absolute atomic E-state index is 0.361. The largest absolute Gasteiger partial charge is 0.480 e. The molecule has 0 radical (unpaired) electrons. The molecule has 2 aromatic carbocycles. The monoisotopic (exact) mass is 334 g/mol. The lowest BCUT2D eigenvalue weighted by atomic mass is 10.1. The molecule has 3 nitrogen and oxygen atoms in total. The third-order valence-electron chi connectivity index (χ3n) is 3.88. The lowest BCUT2D eigenvalue weighted by molar-refractivity contribution is -0.137. The Morgan fingerprint density at radius 3 is 2.17 bits per heavy atom. The molecule has 0 N–H and O–H groups in total. The molecule has 1 heterocycles. The molecule has 0 atom stereocenters. The van der Waals surface area contributed by atoms with Crippen LogP contribution in [0.2, 0.25) is 0 Å². The zero-order valence-corrected chi connectivity index (χ0v) is 13.6. The Morgan fingerprint density at radius 1 is 0.958 bits per heavy atom. The summed E-state index contributed by atoms with van der Waals surface area (Å²) in [7, 11) is 1.89. The molecule has 6 heteroatoms. The number of hydrogen-bond donors (Lipinski definition) is 0. The van der Waals surface area contributed by atoms with Gasteiger partial charge in [-0.2, -0.15) is 13.2 Å². The number of alkyl halides is 3. The summed E-state index contributed by atoms with van der Waals surface area (Å²) in [5.74, 6) is 1.06. The second-order valence-electron chi connectivity index (χ2n) is 6.12. The van der Waals surface area contributed by atoms with Crippen molar-refractivity contribution in [2.75, 3.05) is 0 Å². The van der Waals surface area contributed by atoms with E-state index in [0.717, 1.165) is 23.2 Å². The van der Waals surface area contributed by atoms with E-state index in [-0.39, 0.29) is 0 Å². The van der Waals surface area contributed by atoms with E-state index in [9.17, 15) is 13.2 Å². The molecule has 0 unspecified atom stereocenters. The Bertz CT molecular complexity index is 864. The summed E-state index contributed by atoms with van der Waals surface area (Å²) in [4.78, 5) is 4.59. The van der Waals surface area contributed by atoms with Crippen LogP contribution < -0.4 is 4.74 Å². The number of fused-ring (bicyclic) bond motifs is 1. The Kier molecular flexibility index (Phi) is 3.78. The Morgan fingerprint density at radius 2 is 1.58 bits per heavy atom. The van der Waals surface area contributed by atoms with Gasteiger partial charge in [-0.15, -0.1) is 0 Å². The first kappa shape index (κ1) is 16.4. The van der Waals surface area contributed by atoms with Crippen molar-refractivity contribution in [2.24, 2.45) is 7.05 Å². The predicted molar refractivity (Wildman–Crippen MR) is 85.8 cm³/mol. The van der Waals surface area contributed by atoms with E-state index in [1.165, 1.54) is 12.1 Å². The summed E-state index contributed by atoms with van der Waals surface area (Å²) in [5, 5.41) is 0. The van der Waals surface area contributed by atoms with Crippen molar-refractivity contribution in [3.8, 4) is 5.75 Å².